The number of nitrogens with zero attached hydrogens (tertiary/aromatic N) is 1. The lowest BCUT2D eigenvalue weighted by molar-refractivity contribution is -0.142. The zero-order valence-corrected chi connectivity index (χ0v) is 11.8. The van der Waals surface area contributed by atoms with E-state index in [2.05, 4.69) is 13.8 Å². The second-order valence-corrected chi connectivity index (χ2v) is 6.79. The van der Waals surface area contributed by atoms with Gasteiger partial charge in [-0.1, -0.05) is 6.92 Å². The van der Waals surface area contributed by atoms with Gasteiger partial charge >= 0.3 is 0 Å². The molecule has 3 nitrogen and oxygen atoms in total. The number of thioether (sulfide) groups is 1. The summed E-state index contributed by atoms with van der Waals surface area (Å²) in [6.07, 6.45) is 0. The van der Waals surface area contributed by atoms with E-state index in [1.807, 2.05) is 37.4 Å². The Balaban J connectivity index is 2.47. The molecule has 0 aromatic heterocycles. The number of carbonyl (C=O) groups is 1. The minimum atomic E-state index is -0.241. The standard InChI is InChI=1S/C12H23NO2S/c1-9-10(2)16-7-6-13(9)11(14)8-15-12(3,4)5/h9-10H,6-8H2,1-5H3. The van der Waals surface area contributed by atoms with E-state index >= 15 is 0 Å². The van der Waals surface area contributed by atoms with Gasteiger partial charge in [0.25, 0.3) is 0 Å². The van der Waals surface area contributed by atoms with Crippen molar-refractivity contribution in [3.05, 3.63) is 0 Å². The first-order valence-corrected chi connectivity index (χ1v) is 6.91. The molecule has 4 heteroatoms. The summed E-state index contributed by atoms with van der Waals surface area (Å²) in [5, 5.41) is 0.521. The maximum atomic E-state index is 12.0. The number of rotatable bonds is 2. The molecular formula is C12H23NO2S. The van der Waals surface area contributed by atoms with Crippen molar-refractivity contribution in [3.8, 4) is 0 Å². The molecule has 0 radical (unpaired) electrons. The molecule has 1 amide bonds. The predicted octanol–water partition coefficient (Wildman–Crippen LogP) is 2.15. The van der Waals surface area contributed by atoms with Crippen molar-refractivity contribution in [2.24, 2.45) is 0 Å². The molecule has 1 saturated heterocycles. The molecule has 0 aromatic rings. The van der Waals surface area contributed by atoms with Gasteiger partial charge in [-0.05, 0) is 27.7 Å². The third kappa shape index (κ3) is 3.98. The van der Waals surface area contributed by atoms with Crippen molar-refractivity contribution >= 4 is 17.7 Å². The van der Waals surface area contributed by atoms with E-state index in [0.717, 1.165) is 12.3 Å². The number of hydrogen-bond acceptors (Lipinski definition) is 3. The molecule has 0 saturated carbocycles. The fourth-order valence-corrected chi connectivity index (χ4v) is 2.75. The maximum Gasteiger partial charge on any atom is 0.248 e. The van der Waals surface area contributed by atoms with E-state index in [9.17, 15) is 4.79 Å². The smallest absolute Gasteiger partial charge is 0.248 e. The SMILES string of the molecule is CC1SCCN(C(=O)COC(C)(C)C)C1C. The molecule has 1 aliphatic rings. The zero-order valence-electron chi connectivity index (χ0n) is 10.9. The molecule has 1 heterocycles. The van der Waals surface area contributed by atoms with Crippen molar-refractivity contribution < 1.29 is 9.53 Å². The molecule has 0 aromatic carbocycles. The van der Waals surface area contributed by atoms with Gasteiger partial charge < -0.3 is 9.64 Å². The topological polar surface area (TPSA) is 29.5 Å². The number of carbonyl (C=O) groups excluding carboxylic acids is 1. The van der Waals surface area contributed by atoms with Crippen LogP contribution in [-0.2, 0) is 9.53 Å². The minimum absolute atomic E-state index is 0.120. The molecular weight excluding hydrogens is 222 g/mol. The first-order valence-electron chi connectivity index (χ1n) is 5.86. The number of hydrogen-bond donors (Lipinski definition) is 0. The molecule has 2 atom stereocenters. The van der Waals surface area contributed by atoms with E-state index in [-0.39, 0.29) is 18.1 Å². The quantitative estimate of drug-likeness (QED) is 0.746. The van der Waals surface area contributed by atoms with Crippen LogP contribution in [-0.4, -0.2) is 46.6 Å². The van der Waals surface area contributed by atoms with E-state index < -0.39 is 0 Å². The summed E-state index contributed by atoms with van der Waals surface area (Å²) in [5.74, 6) is 1.15. The van der Waals surface area contributed by atoms with E-state index in [0.29, 0.717) is 11.3 Å². The summed E-state index contributed by atoms with van der Waals surface area (Å²) in [6, 6.07) is 0.315. The largest absolute Gasteiger partial charge is 0.366 e. The maximum absolute atomic E-state index is 12.0. The summed E-state index contributed by atoms with van der Waals surface area (Å²) >= 11 is 1.94. The zero-order chi connectivity index (χ0) is 12.3. The number of ether oxygens (including phenoxy) is 1. The Morgan fingerprint density at radius 2 is 2.06 bits per heavy atom. The molecule has 1 aliphatic heterocycles. The van der Waals surface area contributed by atoms with Crippen LogP contribution in [0.5, 0.6) is 0 Å². The number of amides is 1. The predicted molar refractivity (Wildman–Crippen MR) is 68.8 cm³/mol. The van der Waals surface area contributed by atoms with Crippen LogP contribution in [0.3, 0.4) is 0 Å². The van der Waals surface area contributed by atoms with E-state index in [4.69, 9.17) is 4.74 Å². The van der Waals surface area contributed by atoms with Crippen LogP contribution in [0.15, 0.2) is 0 Å². The molecule has 1 rings (SSSR count). The van der Waals surface area contributed by atoms with Gasteiger partial charge in [-0.2, -0.15) is 11.8 Å². The Bertz CT molecular complexity index is 250. The van der Waals surface area contributed by atoms with E-state index in [1.165, 1.54) is 0 Å². The molecule has 0 N–H and O–H groups in total. The summed E-state index contributed by atoms with van der Waals surface area (Å²) in [4.78, 5) is 13.9. The van der Waals surface area contributed by atoms with Crippen molar-refractivity contribution in [1.29, 1.82) is 0 Å². The highest BCUT2D eigenvalue weighted by molar-refractivity contribution is 8.00. The van der Waals surface area contributed by atoms with Gasteiger partial charge in [0.2, 0.25) is 5.91 Å². The van der Waals surface area contributed by atoms with Gasteiger partial charge in [-0.15, -0.1) is 0 Å². The lowest BCUT2D eigenvalue weighted by Gasteiger charge is -2.37. The fourth-order valence-electron chi connectivity index (χ4n) is 1.65. The highest BCUT2D eigenvalue weighted by Crippen LogP contribution is 2.24. The van der Waals surface area contributed by atoms with Crippen molar-refractivity contribution in [2.45, 2.75) is 51.5 Å². The average Bonchev–Trinajstić information content (AvgIpc) is 2.17. The van der Waals surface area contributed by atoms with Crippen molar-refractivity contribution in [2.75, 3.05) is 18.9 Å². The Labute approximate surface area is 103 Å². The minimum Gasteiger partial charge on any atom is -0.366 e. The highest BCUT2D eigenvalue weighted by Gasteiger charge is 2.29. The molecule has 94 valence electrons. The third-order valence-corrected chi connectivity index (χ3v) is 4.17. The molecule has 0 aliphatic carbocycles. The first kappa shape index (κ1) is 13.8. The first-order chi connectivity index (χ1) is 7.31. The Morgan fingerprint density at radius 3 is 2.62 bits per heavy atom. The van der Waals surface area contributed by atoms with Crippen molar-refractivity contribution in [3.63, 3.8) is 0 Å². The molecule has 0 bridgehead atoms. The second kappa shape index (κ2) is 5.41. The third-order valence-electron chi connectivity index (χ3n) is 2.83. The average molecular weight is 245 g/mol. The van der Waals surface area contributed by atoms with Crippen LogP contribution < -0.4 is 0 Å². The summed E-state index contributed by atoms with van der Waals surface area (Å²) in [6.45, 7) is 11.3. The molecule has 16 heavy (non-hydrogen) atoms. The summed E-state index contributed by atoms with van der Waals surface area (Å²) in [5.41, 5.74) is -0.241. The summed E-state index contributed by atoms with van der Waals surface area (Å²) in [7, 11) is 0. The Hall–Kier alpha value is -0.220. The monoisotopic (exact) mass is 245 g/mol. The second-order valence-electron chi connectivity index (χ2n) is 5.30. The van der Waals surface area contributed by atoms with Gasteiger partial charge in [0.15, 0.2) is 0 Å². The van der Waals surface area contributed by atoms with Gasteiger partial charge in [0.05, 0.1) is 5.60 Å². The van der Waals surface area contributed by atoms with Gasteiger partial charge in [0.1, 0.15) is 6.61 Å². The lowest BCUT2D eigenvalue weighted by atomic mass is 10.2. The highest BCUT2D eigenvalue weighted by atomic mass is 32.2. The van der Waals surface area contributed by atoms with Gasteiger partial charge in [-0.25, -0.2) is 0 Å². The molecule has 0 spiro atoms. The lowest BCUT2D eigenvalue weighted by Crippen LogP contribution is -2.49. The normalized spacial score (nSPS) is 26.9. The molecule has 2 unspecified atom stereocenters. The van der Waals surface area contributed by atoms with Crippen LogP contribution in [0.1, 0.15) is 34.6 Å². The molecule has 1 fully saturated rings. The summed E-state index contributed by atoms with van der Waals surface area (Å²) < 4.78 is 5.53. The van der Waals surface area contributed by atoms with Crippen LogP contribution in [0.25, 0.3) is 0 Å². The van der Waals surface area contributed by atoms with Crippen LogP contribution >= 0.6 is 11.8 Å². The van der Waals surface area contributed by atoms with Crippen LogP contribution in [0.4, 0.5) is 0 Å². The van der Waals surface area contributed by atoms with Crippen molar-refractivity contribution in [1.82, 2.24) is 4.90 Å². The van der Waals surface area contributed by atoms with Gasteiger partial charge in [-0.3, -0.25) is 4.79 Å². The van der Waals surface area contributed by atoms with Crippen LogP contribution in [0.2, 0.25) is 0 Å². The fraction of sp³-hybridized carbons (Fsp3) is 0.917. The Kier molecular flexibility index (Phi) is 4.68. The van der Waals surface area contributed by atoms with Crippen LogP contribution in [0, 0.1) is 0 Å². The van der Waals surface area contributed by atoms with E-state index in [1.54, 1.807) is 0 Å². The Morgan fingerprint density at radius 1 is 1.44 bits per heavy atom. The van der Waals surface area contributed by atoms with Gasteiger partial charge in [0, 0.05) is 23.6 Å².